The molecule has 0 aliphatic heterocycles. The lowest BCUT2D eigenvalue weighted by Gasteiger charge is -2.11. The summed E-state index contributed by atoms with van der Waals surface area (Å²) in [5.74, 6) is 0.795. The Bertz CT molecular complexity index is 530. The van der Waals surface area contributed by atoms with Crippen LogP contribution in [0.3, 0.4) is 0 Å². The summed E-state index contributed by atoms with van der Waals surface area (Å²) in [4.78, 5) is 9.12. The highest BCUT2D eigenvalue weighted by Gasteiger charge is 2.13. The molecule has 5 nitrogen and oxygen atoms in total. The third kappa shape index (κ3) is 2.00. The Kier molecular flexibility index (Phi) is 3.08. The molecule has 0 fully saturated rings. The highest BCUT2D eigenvalue weighted by Crippen LogP contribution is 2.24. The number of hydrogen-bond acceptors (Lipinski definition) is 4. The van der Waals surface area contributed by atoms with Gasteiger partial charge >= 0.3 is 0 Å². The highest BCUT2D eigenvalue weighted by molar-refractivity contribution is 5.68. The van der Waals surface area contributed by atoms with Crippen molar-refractivity contribution in [2.24, 2.45) is 0 Å². The van der Waals surface area contributed by atoms with E-state index in [1.165, 1.54) is 0 Å². The molecule has 5 heteroatoms. The fraction of sp³-hybridized carbons (Fsp3) is 0.417. The lowest BCUT2D eigenvalue weighted by Crippen LogP contribution is -2.06. The molecule has 2 aromatic heterocycles. The average molecular weight is 231 g/mol. The second kappa shape index (κ2) is 4.53. The van der Waals surface area contributed by atoms with Gasteiger partial charge in [0, 0.05) is 19.8 Å². The Balaban J connectivity index is 2.62. The van der Waals surface area contributed by atoms with Gasteiger partial charge in [-0.25, -0.2) is 9.97 Å². The van der Waals surface area contributed by atoms with E-state index in [1.54, 1.807) is 6.20 Å². The summed E-state index contributed by atoms with van der Waals surface area (Å²) < 4.78 is 1.92. The van der Waals surface area contributed by atoms with Crippen LogP contribution in [-0.4, -0.2) is 26.8 Å². The van der Waals surface area contributed by atoms with Crippen LogP contribution >= 0.6 is 0 Å². The van der Waals surface area contributed by atoms with Crippen LogP contribution in [0.25, 0.3) is 11.4 Å². The van der Waals surface area contributed by atoms with Gasteiger partial charge in [-0.05, 0) is 26.8 Å². The molecule has 17 heavy (non-hydrogen) atoms. The predicted molar refractivity (Wildman–Crippen MR) is 67.9 cm³/mol. The first-order chi connectivity index (χ1) is 8.17. The molecular weight excluding hydrogens is 214 g/mol. The van der Waals surface area contributed by atoms with Crippen LogP contribution in [0.2, 0.25) is 0 Å². The van der Waals surface area contributed by atoms with Crippen molar-refractivity contribution in [3.05, 3.63) is 23.7 Å². The van der Waals surface area contributed by atoms with E-state index in [-0.39, 0.29) is 0 Å². The number of rotatable bonds is 3. The lowest BCUT2D eigenvalue weighted by molar-refractivity contribution is 0.665. The van der Waals surface area contributed by atoms with Gasteiger partial charge in [0.25, 0.3) is 0 Å². The van der Waals surface area contributed by atoms with Gasteiger partial charge in [0.2, 0.25) is 0 Å². The maximum Gasteiger partial charge on any atom is 0.154 e. The van der Waals surface area contributed by atoms with Crippen LogP contribution in [-0.2, 0) is 6.54 Å². The molecular formula is C12H17N5. The molecule has 0 atom stereocenters. The molecule has 0 saturated heterocycles. The molecule has 0 radical (unpaired) electrons. The van der Waals surface area contributed by atoms with Gasteiger partial charge in [0.15, 0.2) is 5.82 Å². The number of aromatic nitrogens is 4. The number of anilines is 1. The first kappa shape index (κ1) is 11.6. The minimum atomic E-state index is 0.795. The van der Waals surface area contributed by atoms with Gasteiger partial charge in [-0.1, -0.05) is 0 Å². The first-order valence-electron chi connectivity index (χ1n) is 5.72. The van der Waals surface area contributed by atoms with E-state index < -0.39 is 0 Å². The Morgan fingerprint density at radius 3 is 2.59 bits per heavy atom. The monoisotopic (exact) mass is 231 g/mol. The van der Waals surface area contributed by atoms with E-state index >= 15 is 0 Å². The van der Waals surface area contributed by atoms with Crippen molar-refractivity contribution in [1.29, 1.82) is 0 Å². The molecule has 2 aromatic rings. The largest absolute Gasteiger partial charge is 0.371 e. The van der Waals surface area contributed by atoms with Gasteiger partial charge in [0.05, 0.1) is 17.1 Å². The molecule has 0 saturated carbocycles. The summed E-state index contributed by atoms with van der Waals surface area (Å²) in [5.41, 5.74) is 3.74. The van der Waals surface area contributed by atoms with Crippen LogP contribution in [0.4, 0.5) is 5.82 Å². The summed E-state index contributed by atoms with van der Waals surface area (Å²) >= 11 is 0. The van der Waals surface area contributed by atoms with Gasteiger partial charge < -0.3 is 5.32 Å². The van der Waals surface area contributed by atoms with Crippen molar-refractivity contribution in [2.45, 2.75) is 27.3 Å². The maximum atomic E-state index is 4.61. The lowest BCUT2D eigenvalue weighted by atomic mass is 10.2. The molecule has 0 spiro atoms. The Labute approximate surface area is 101 Å². The summed E-state index contributed by atoms with van der Waals surface area (Å²) in [7, 11) is 1.86. The zero-order chi connectivity index (χ0) is 12.4. The van der Waals surface area contributed by atoms with E-state index in [0.29, 0.717) is 0 Å². The fourth-order valence-corrected chi connectivity index (χ4v) is 1.74. The topological polar surface area (TPSA) is 55.6 Å². The molecule has 90 valence electrons. The minimum Gasteiger partial charge on any atom is -0.371 e. The van der Waals surface area contributed by atoms with Crippen LogP contribution < -0.4 is 5.32 Å². The molecule has 2 heterocycles. The van der Waals surface area contributed by atoms with Crippen LogP contribution in [0.1, 0.15) is 18.3 Å². The third-order valence-electron chi connectivity index (χ3n) is 2.80. The van der Waals surface area contributed by atoms with Crippen molar-refractivity contribution in [1.82, 2.24) is 19.7 Å². The predicted octanol–water partition coefficient (Wildman–Crippen LogP) is 2.02. The van der Waals surface area contributed by atoms with Gasteiger partial charge in [-0.2, -0.15) is 5.10 Å². The molecule has 2 rings (SSSR count). The van der Waals surface area contributed by atoms with Gasteiger partial charge in [0.1, 0.15) is 5.69 Å². The van der Waals surface area contributed by atoms with E-state index in [0.717, 1.165) is 35.1 Å². The van der Waals surface area contributed by atoms with Crippen molar-refractivity contribution < 1.29 is 0 Å². The van der Waals surface area contributed by atoms with E-state index in [2.05, 4.69) is 27.3 Å². The number of nitrogens with zero attached hydrogens (tertiary/aromatic N) is 4. The van der Waals surface area contributed by atoms with Crippen molar-refractivity contribution in [3.63, 3.8) is 0 Å². The zero-order valence-electron chi connectivity index (χ0n) is 10.7. The molecule has 1 N–H and O–H groups in total. The Morgan fingerprint density at radius 1 is 1.24 bits per heavy atom. The van der Waals surface area contributed by atoms with Crippen LogP contribution in [0.5, 0.6) is 0 Å². The maximum absolute atomic E-state index is 4.61. The third-order valence-corrected chi connectivity index (χ3v) is 2.80. The average Bonchev–Trinajstić information content (AvgIpc) is 2.80. The van der Waals surface area contributed by atoms with Crippen molar-refractivity contribution in [2.75, 3.05) is 12.4 Å². The highest BCUT2D eigenvalue weighted by atomic mass is 15.3. The summed E-state index contributed by atoms with van der Waals surface area (Å²) in [5, 5.41) is 7.35. The standard InChI is InChI=1S/C12H17N5/c1-5-17-10(6-7-14-17)11-12(13-4)16-9(3)8(2)15-11/h6-7H,5H2,1-4H3,(H,13,16). The minimum absolute atomic E-state index is 0.795. The quantitative estimate of drug-likeness (QED) is 0.878. The second-order valence-corrected chi connectivity index (χ2v) is 3.87. The summed E-state index contributed by atoms with van der Waals surface area (Å²) in [6.45, 7) is 6.81. The van der Waals surface area contributed by atoms with Crippen LogP contribution in [0.15, 0.2) is 12.3 Å². The Morgan fingerprint density at radius 2 is 1.94 bits per heavy atom. The molecule has 0 aliphatic carbocycles. The molecule has 0 amide bonds. The second-order valence-electron chi connectivity index (χ2n) is 3.87. The van der Waals surface area contributed by atoms with E-state index in [4.69, 9.17) is 0 Å². The SMILES string of the molecule is CCn1nccc1-c1nc(C)c(C)nc1NC. The molecule has 0 bridgehead atoms. The number of hydrogen-bond donors (Lipinski definition) is 1. The van der Waals surface area contributed by atoms with Crippen molar-refractivity contribution >= 4 is 5.82 Å². The Hall–Kier alpha value is -1.91. The van der Waals surface area contributed by atoms with Gasteiger partial charge in [-0.3, -0.25) is 4.68 Å². The van der Waals surface area contributed by atoms with E-state index in [1.807, 2.05) is 31.6 Å². The van der Waals surface area contributed by atoms with Crippen molar-refractivity contribution in [3.8, 4) is 11.4 Å². The zero-order valence-corrected chi connectivity index (χ0v) is 10.7. The smallest absolute Gasteiger partial charge is 0.154 e. The molecule has 0 aromatic carbocycles. The van der Waals surface area contributed by atoms with Gasteiger partial charge in [-0.15, -0.1) is 0 Å². The van der Waals surface area contributed by atoms with E-state index in [9.17, 15) is 0 Å². The number of aryl methyl sites for hydroxylation is 3. The summed E-state index contributed by atoms with van der Waals surface area (Å²) in [6.07, 6.45) is 1.79. The normalized spacial score (nSPS) is 10.6. The first-order valence-corrected chi connectivity index (χ1v) is 5.72. The molecule has 0 unspecified atom stereocenters. The van der Waals surface area contributed by atoms with Crippen LogP contribution in [0, 0.1) is 13.8 Å². The molecule has 0 aliphatic rings. The fourth-order valence-electron chi connectivity index (χ4n) is 1.74. The summed E-state index contributed by atoms with van der Waals surface area (Å²) in [6, 6.07) is 1.96. The number of nitrogens with one attached hydrogen (secondary N) is 1.